The van der Waals surface area contributed by atoms with Crippen LogP contribution in [0.15, 0.2) is 0 Å². The largest absolute Gasteiger partial charge is 0.396 e. The maximum absolute atomic E-state index is 8.84. The molecule has 1 unspecified atom stereocenters. The van der Waals surface area contributed by atoms with E-state index in [4.69, 9.17) is 9.84 Å². The Morgan fingerprint density at radius 2 is 2.21 bits per heavy atom. The van der Waals surface area contributed by atoms with E-state index in [0.29, 0.717) is 6.04 Å². The molecule has 3 nitrogen and oxygen atoms in total. The minimum Gasteiger partial charge on any atom is -0.396 e. The SMILES string of the molecule is CNC(CCO)CSC1CCOCC1. The van der Waals surface area contributed by atoms with Crippen molar-refractivity contribution in [3.8, 4) is 0 Å². The first-order chi connectivity index (χ1) is 6.86. The summed E-state index contributed by atoms with van der Waals surface area (Å²) >= 11 is 2.02. The molecule has 0 amide bonds. The molecule has 1 aliphatic heterocycles. The Labute approximate surface area is 90.6 Å². The molecule has 0 aromatic heterocycles. The number of aliphatic hydroxyl groups is 1. The highest BCUT2D eigenvalue weighted by Gasteiger charge is 2.15. The third-order valence-corrected chi connectivity index (χ3v) is 4.12. The Kier molecular flexibility index (Phi) is 6.60. The van der Waals surface area contributed by atoms with Crippen LogP contribution in [-0.2, 0) is 4.74 Å². The number of hydrogen-bond acceptors (Lipinski definition) is 4. The lowest BCUT2D eigenvalue weighted by Gasteiger charge is -2.23. The highest BCUT2D eigenvalue weighted by molar-refractivity contribution is 7.99. The van der Waals surface area contributed by atoms with Crippen molar-refractivity contribution in [1.82, 2.24) is 5.32 Å². The summed E-state index contributed by atoms with van der Waals surface area (Å²) in [6, 6.07) is 0.452. The molecular weight excluding hydrogens is 198 g/mol. The summed E-state index contributed by atoms with van der Waals surface area (Å²) < 4.78 is 5.31. The van der Waals surface area contributed by atoms with Gasteiger partial charge in [-0.3, -0.25) is 0 Å². The molecular formula is C10H21NO2S. The molecule has 0 aliphatic carbocycles. The van der Waals surface area contributed by atoms with Gasteiger partial charge < -0.3 is 15.2 Å². The lowest BCUT2D eigenvalue weighted by atomic mass is 10.2. The summed E-state index contributed by atoms with van der Waals surface area (Å²) in [7, 11) is 1.96. The van der Waals surface area contributed by atoms with Gasteiger partial charge in [0, 0.05) is 36.9 Å². The molecule has 1 aliphatic rings. The average Bonchev–Trinajstić information content (AvgIpc) is 2.25. The van der Waals surface area contributed by atoms with Crippen molar-refractivity contribution in [3.63, 3.8) is 0 Å². The molecule has 1 rings (SSSR count). The minimum atomic E-state index is 0.278. The van der Waals surface area contributed by atoms with Gasteiger partial charge in [0.25, 0.3) is 0 Å². The Balaban J connectivity index is 2.10. The Bertz CT molecular complexity index is 135. The molecule has 1 saturated heterocycles. The number of ether oxygens (including phenoxy) is 1. The van der Waals surface area contributed by atoms with Gasteiger partial charge in [0.05, 0.1) is 0 Å². The Hall–Kier alpha value is 0.230. The van der Waals surface area contributed by atoms with E-state index in [1.165, 1.54) is 12.8 Å². The van der Waals surface area contributed by atoms with Crippen molar-refractivity contribution >= 4 is 11.8 Å². The van der Waals surface area contributed by atoms with Gasteiger partial charge in [-0.15, -0.1) is 0 Å². The molecule has 0 aromatic rings. The van der Waals surface area contributed by atoms with Crippen molar-refractivity contribution in [2.24, 2.45) is 0 Å². The molecule has 1 heterocycles. The second-order valence-electron chi connectivity index (χ2n) is 3.64. The van der Waals surface area contributed by atoms with Crippen LogP contribution in [0.2, 0.25) is 0 Å². The quantitative estimate of drug-likeness (QED) is 0.695. The zero-order chi connectivity index (χ0) is 10.2. The van der Waals surface area contributed by atoms with Crippen molar-refractivity contribution in [2.75, 3.05) is 32.6 Å². The van der Waals surface area contributed by atoms with E-state index < -0.39 is 0 Å². The fourth-order valence-corrected chi connectivity index (χ4v) is 2.93. The van der Waals surface area contributed by atoms with Crippen LogP contribution < -0.4 is 5.32 Å². The van der Waals surface area contributed by atoms with Crippen LogP contribution in [0.3, 0.4) is 0 Å². The zero-order valence-electron chi connectivity index (χ0n) is 8.87. The molecule has 0 radical (unpaired) electrons. The fraction of sp³-hybridized carbons (Fsp3) is 1.00. The lowest BCUT2D eigenvalue weighted by molar-refractivity contribution is 0.1000. The van der Waals surface area contributed by atoms with Gasteiger partial charge in [-0.2, -0.15) is 11.8 Å². The first-order valence-electron chi connectivity index (χ1n) is 5.34. The smallest absolute Gasteiger partial charge is 0.0476 e. The molecule has 1 fully saturated rings. The maximum atomic E-state index is 8.84. The van der Waals surface area contributed by atoms with Crippen LogP contribution in [0.4, 0.5) is 0 Å². The van der Waals surface area contributed by atoms with Gasteiger partial charge >= 0.3 is 0 Å². The third-order valence-electron chi connectivity index (χ3n) is 2.59. The van der Waals surface area contributed by atoms with E-state index in [0.717, 1.165) is 30.6 Å². The average molecular weight is 219 g/mol. The normalized spacial score (nSPS) is 21.0. The standard InChI is InChI=1S/C10H21NO2S/c1-11-9(2-5-12)8-14-10-3-6-13-7-4-10/h9-12H,2-8H2,1H3. The first kappa shape index (κ1) is 12.3. The highest BCUT2D eigenvalue weighted by Crippen LogP contribution is 2.22. The summed E-state index contributed by atoms with van der Waals surface area (Å²) in [5.74, 6) is 1.10. The van der Waals surface area contributed by atoms with E-state index in [9.17, 15) is 0 Å². The van der Waals surface area contributed by atoms with E-state index in [1.54, 1.807) is 0 Å². The summed E-state index contributed by atoms with van der Waals surface area (Å²) in [5, 5.41) is 12.8. The molecule has 1 atom stereocenters. The monoisotopic (exact) mass is 219 g/mol. The lowest BCUT2D eigenvalue weighted by Crippen LogP contribution is -2.30. The summed E-state index contributed by atoms with van der Waals surface area (Å²) in [4.78, 5) is 0. The fourth-order valence-electron chi connectivity index (χ4n) is 1.56. The molecule has 84 valence electrons. The van der Waals surface area contributed by atoms with Crippen molar-refractivity contribution in [2.45, 2.75) is 30.6 Å². The predicted octanol–water partition coefficient (Wildman–Crippen LogP) is 0.869. The highest BCUT2D eigenvalue weighted by atomic mass is 32.2. The van der Waals surface area contributed by atoms with Crippen LogP contribution in [0.1, 0.15) is 19.3 Å². The molecule has 0 bridgehead atoms. The first-order valence-corrected chi connectivity index (χ1v) is 6.39. The molecule has 14 heavy (non-hydrogen) atoms. The second kappa shape index (κ2) is 7.51. The number of thioether (sulfide) groups is 1. The van der Waals surface area contributed by atoms with Gasteiger partial charge in [-0.25, -0.2) is 0 Å². The Morgan fingerprint density at radius 3 is 2.79 bits per heavy atom. The van der Waals surface area contributed by atoms with Crippen LogP contribution >= 0.6 is 11.8 Å². The second-order valence-corrected chi connectivity index (χ2v) is 4.98. The number of aliphatic hydroxyl groups excluding tert-OH is 1. The van der Waals surface area contributed by atoms with E-state index in [2.05, 4.69) is 5.32 Å². The predicted molar refractivity (Wildman–Crippen MR) is 60.8 cm³/mol. The topological polar surface area (TPSA) is 41.5 Å². The van der Waals surface area contributed by atoms with E-state index >= 15 is 0 Å². The number of rotatable bonds is 6. The van der Waals surface area contributed by atoms with Gasteiger partial charge in [0.2, 0.25) is 0 Å². The van der Waals surface area contributed by atoms with Gasteiger partial charge in [-0.1, -0.05) is 0 Å². The third kappa shape index (κ3) is 4.64. The van der Waals surface area contributed by atoms with Gasteiger partial charge in [0.15, 0.2) is 0 Å². The summed E-state index contributed by atoms with van der Waals surface area (Å²) in [5.41, 5.74) is 0. The zero-order valence-corrected chi connectivity index (χ0v) is 9.68. The molecule has 0 spiro atoms. The van der Waals surface area contributed by atoms with Crippen molar-refractivity contribution < 1.29 is 9.84 Å². The van der Waals surface area contributed by atoms with Crippen molar-refractivity contribution in [3.05, 3.63) is 0 Å². The van der Waals surface area contributed by atoms with Crippen LogP contribution in [0.5, 0.6) is 0 Å². The molecule has 0 saturated carbocycles. The van der Waals surface area contributed by atoms with Crippen LogP contribution in [0, 0.1) is 0 Å². The van der Waals surface area contributed by atoms with Gasteiger partial charge in [0.1, 0.15) is 0 Å². The van der Waals surface area contributed by atoms with Crippen molar-refractivity contribution in [1.29, 1.82) is 0 Å². The van der Waals surface area contributed by atoms with E-state index in [1.807, 2.05) is 18.8 Å². The summed E-state index contributed by atoms with van der Waals surface area (Å²) in [6.07, 6.45) is 3.22. The van der Waals surface area contributed by atoms with Crippen LogP contribution in [0.25, 0.3) is 0 Å². The minimum absolute atomic E-state index is 0.278. The molecule has 0 aromatic carbocycles. The molecule has 4 heteroatoms. The van der Waals surface area contributed by atoms with E-state index in [-0.39, 0.29) is 6.61 Å². The van der Waals surface area contributed by atoms with Crippen LogP contribution in [-0.4, -0.2) is 49.0 Å². The van der Waals surface area contributed by atoms with Gasteiger partial charge in [-0.05, 0) is 26.3 Å². The molecule has 2 N–H and O–H groups in total. The number of nitrogens with one attached hydrogen (secondary N) is 1. The summed E-state index contributed by atoms with van der Waals surface area (Å²) in [6.45, 7) is 2.11. The maximum Gasteiger partial charge on any atom is 0.0476 e. The number of hydrogen-bond donors (Lipinski definition) is 2. The Morgan fingerprint density at radius 1 is 1.50 bits per heavy atom.